The summed E-state index contributed by atoms with van der Waals surface area (Å²) in [6.07, 6.45) is 4.50. The molecule has 2 aromatic rings. The van der Waals surface area contributed by atoms with Crippen molar-refractivity contribution in [3.63, 3.8) is 0 Å². The van der Waals surface area contributed by atoms with Crippen LogP contribution >= 0.6 is 0 Å². The number of hydrogen-bond donors (Lipinski definition) is 1. The average Bonchev–Trinajstić information content (AvgIpc) is 2.38. The number of rotatable bonds is 3. The fourth-order valence-electron chi connectivity index (χ4n) is 1.56. The van der Waals surface area contributed by atoms with Crippen molar-refractivity contribution in [1.29, 1.82) is 0 Å². The van der Waals surface area contributed by atoms with Crippen LogP contribution in [0.2, 0.25) is 0 Å². The van der Waals surface area contributed by atoms with Gasteiger partial charge in [-0.1, -0.05) is 24.3 Å². The molecule has 0 bridgehead atoms. The summed E-state index contributed by atoms with van der Waals surface area (Å²) in [5, 5.41) is 9.16. The predicted molar refractivity (Wildman–Crippen MR) is 66.1 cm³/mol. The average molecular weight is 243 g/mol. The van der Waals surface area contributed by atoms with Crippen LogP contribution in [0, 0.1) is 5.82 Å². The van der Waals surface area contributed by atoms with E-state index in [4.69, 9.17) is 5.11 Å². The lowest BCUT2D eigenvalue weighted by Crippen LogP contribution is -2.01. The highest BCUT2D eigenvalue weighted by atomic mass is 19.1. The number of benzene rings is 1. The van der Waals surface area contributed by atoms with Gasteiger partial charge in [-0.3, -0.25) is 4.98 Å². The van der Waals surface area contributed by atoms with Gasteiger partial charge in [0.1, 0.15) is 5.82 Å². The molecule has 0 saturated heterocycles. The van der Waals surface area contributed by atoms with Crippen LogP contribution in [0.5, 0.6) is 0 Å². The third kappa shape index (κ3) is 2.60. The van der Waals surface area contributed by atoms with E-state index in [0.717, 1.165) is 0 Å². The zero-order chi connectivity index (χ0) is 13.0. The number of carboxylic acid groups (broad SMARTS) is 1. The second-order valence-electron chi connectivity index (χ2n) is 3.63. The lowest BCUT2D eigenvalue weighted by Gasteiger charge is -2.04. The fourth-order valence-corrected chi connectivity index (χ4v) is 1.56. The molecule has 1 aromatic heterocycles. The molecule has 0 saturated carbocycles. The highest BCUT2D eigenvalue weighted by molar-refractivity contribution is 6.20. The number of pyridine rings is 1. The molecule has 0 fully saturated rings. The molecule has 0 atom stereocenters. The summed E-state index contributed by atoms with van der Waals surface area (Å²) < 4.78 is 13.6. The van der Waals surface area contributed by atoms with Crippen molar-refractivity contribution < 1.29 is 14.3 Å². The van der Waals surface area contributed by atoms with Crippen LogP contribution in [-0.2, 0) is 4.79 Å². The summed E-state index contributed by atoms with van der Waals surface area (Å²) in [6, 6.07) is 9.17. The van der Waals surface area contributed by atoms with E-state index >= 15 is 0 Å². The van der Waals surface area contributed by atoms with Crippen molar-refractivity contribution in [2.24, 2.45) is 0 Å². The molecule has 2 rings (SSSR count). The van der Waals surface area contributed by atoms with Crippen LogP contribution in [0.25, 0.3) is 11.6 Å². The molecule has 18 heavy (non-hydrogen) atoms. The predicted octanol–water partition coefficient (Wildman–Crippen LogP) is 2.85. The lowest BCUT2D eigenvalue weighted by molar-refractivity contribution is -0.130. The molecule has 0 aliphatic carbocycles. The van der Waals surface area contributed by atoms with E-state index < -0.39 is 11.8 Å². The zero-order valence-electron chi connectivity index (χ0n) is 9.38. The molecule has 1 heterocycles. The summed E-state index contributed by atoms with van der Waals surface area (Å²) in [5.41, 5.74) is 0.577. The van der Waals surface area contributed by atoms with Gasteiger partial charge in [-0.15, -0.1) is 0 Å². The van der Waals surface area contributed by atoms with Gasteiger partial charge in [0.2, 0.25) is 0 Å². The molecular formula is C14H10FNO2. The largest absolute Gasteiger partial charge is 0.478 e. The number of aliphatic carboxylic acids is 1. The maximum absolute atomic E-state index is 13.6. The van der Waals surface area contributed by atoms with Crippen LogP contribution in [0.3, 0.4) is 0 Å². The van der Waals surface area contributed by atoms with Crippen molar-refractivity contribution in [2.45, 2.75) is 0 Å². The molecule has 4 heteroatoms. The van der Waals surface area contributed by atoms with E-state index in [1.165, 1.54) is 30.5 Å². The van der Waals surface area contributed by atoms with Crippen LogP contribution in [-0.4, -0.2) is 16.1 Å². The van der Waals surface area contributed by atoms with E-state index in [2.05, 4.69) is 4.98 Å². The summed E-state index contributed by atoms with van der Waals surface area (Å²) in [4.78, 5) is 15.1. The van der Waals surface area contributed by atoms with E-state index in [0.29, 0.717) is 5.56 Å². The van der Waals surface area contributed by atoms with Crippen molar-refractivity contribution in [2.75, 3.05) is 0 Å². The van der Waals surface area contributed by atoms with Crippen LogP contribution in [0.4, 0.5) is 4.39 Å². The van der Waals surface area contributed by atoms with Crippen molar-refractivity contribution in [3.05, 3.63) is 65.7 Å². The van der Waals surface area contributed by atoms with E-state index in [1.807, 2.05) is 0 Å². The number of carbonyl (C=O) groups is 1. The maximum atomic E-state index is 13.6. The molecule has 1 aromatic carbocycles. The SMILES string of the molecule is O=C(O)/C(=C/c1cccnc1)c1ccccc1F. The van der Waals surface area contributed by atoms with Crippen LogP contribution in [0.15, 0.2) is 48.8 Å². The highest BCUT2D eigenvalue weighted by Crippen LogP contribution is 2.21. The molecular weight excluding hydrogens is 233 g/mol. The summed E-state index contributed by atoms with van der Waals surface area (Å²) in [6.45, 7) is 0. The topological polar surface area (TPSA) is 50.2 Å². The second-order valence-corrected chi connectivity index (χ2v) is 3.63. The van der Waals surface area contributed by atoms with Gasteiger partial charge in [0.05, 0.1) is 5.57 Å². The van der Waals surface area contributed by atoms with Gasteiger partial charge >= 0.3 is 5.97 Å². The van der Waals surface area contributed by atoms with Gasteiger partial charge in [-0.2, -0.15) is 0 Å². The first-order valence-corrected chi connectivity index (χ1v) is 5.28. The summed E-state index contributed by atoms with van der Waals surface area (Å²) >= 11 is 0. The molecule has 3 nitrogen and oxygen atoms in total. The second kappa shape index (κ2) is 5.23. The zero-order valence-corrected chi connectivity index (χ0v) is 9.38. The van der Waals surface area contributed by atoms with Gasteiger partial charge < -0.3 is 5.11 Å². The quantitative estimate of drug-likeness (QED) is 0.843. The van der Waals surface area contributed by atoms with Gasteiger partial charge in [0.15, 0.2) is 0 Å². The number of carboxylic acids is 1. The Hall–Kier alpha value is -2.49. The van der Waals surface area contributed by atoms with Crippen LogP contribution < -0.4 is 0 Å². The maximum Gasteiger partial charge on any atom is 0.336 e. The van der Waals surface area contributed by atoms with E-state index in [-0.39, 0.29) is 11.1 Å². The van der Waals surface area contributed by atoms with Crippen molar-refractivity contribution in [3.8, 4) is 0 Å². The first-order valence-electron chi connectivity index (χ1n) is 5.28. The summed E-state index contributed by atoms with van der Waals surface area (Å²) in [7, 11) is 0. The molecule has 0 aliphatic rings. The van der Waals surface area contributed by atoms with Gasteiger partial charge in [-0.25, -0.2) is 9.18 Å². The minimum absolute atomic E-state index is 0.0638. The number of aromatic nitrogens is 1. The monoisotopic (exact) mass is 243 g/mol. The third-order valence-corrected chi connectivity index (χ3v) is 2.39. The Balaban J connectivity index is 2.51. The third-order valence-electron chi connectivity index (χ3n) is 2.39. The molecule has 0 aliphatic heterocycles. The van der Waals surface area contributed by atoms with Crippen LogP contribution in [0.1, 0.15) is 11.1 Å². The minimum atomic E-state index is -1.18. The highest BCUT2D eigenvalue weighted by Gasteiger charge is 2.14. The Kier molecular flexibility index (Phi) is 3.48. The van der Waals surface area contributed by atoms with Crippen molar-refractivity contribution >= 4 is 17.6 Å². The van der Waals surface area contributed by atoms with Gasteiger partial charge in [0.25, 0.3) is 0 Å². The van der Waals surface area contributed by atoms with Crippen molar-refractivity contribution in [1.82, 2.24) is 4.98 Å². The van der Waals surface area contributed by atoms with E-state index in [9.17, 15) is 9.18 Å². The number of hydrogen-bond acceptors (Lipinski definition) is 2. The Morgan fingerprint density at radius 2 is 2.00 bits per heavy atom. The molecule has 0 amide bonds. The Bertz CT molecular complexity index is 594. The number of halogens is 1. The normalized spacial score (nSPS) is 11.3. The van der Waals surface area contributed by atoms with Gasteiger partial charge in [0, 0.05) is 18.0 Å². The first kappa shape index (κ1) is 12.0. The first-order chi connectivity index (χ1) is 8.68. The molecule has 1 N–H and O–H groups in total. The molecule has 0 unspecified atom stereocenters. The molecule has 90 valence electrons. The summed E-state index contributed by atoms with van der Waals surface area (Å²) in [5.74, 6) is -1.74. The Morgan fingerprint density at radius 1 is 1.22 bits per heavy atom. The lowest BCUT2D eigenvalue weighted by atomic mass is 10.0. The Morgan fingerprint density at radius 3 is 2.61 bits per heavy atom. The standard InChI is InChI=1S/C14H10FNO2/c15-13-6-2-1-5-11(13)12(14(17)18)8-10-4-3-7-16-9-10/h1-9H,(H,17,18)/b12-8+. The molecule has 0 spiro atoms. The minimum Gasteiger partial charge on any atom is -0.478 e. The Labute approximate surface area is 103 Å². The molecule has 0 radical (unpaired) electrons. The number of nitrogens with zero attached hydrogens (tertiary/aromatic N) is 1. The van der Waals surface area contributed by atoms with Gasteiger partial charge in [-0.05, 0) is 23.8 Å². The fraction of sp³-hybridized carbons (Fsp3) is 0. The smallest absolute Gasteiger partial charge is 0.336 e. The van der Waals surface area contributed by atoms with E-state index in [1.54, 1.807) is 24.4 Å².